The summed E-state index contributed by atoms with van der Waals surface area (Å²) in [5, 5.41) is 10.8. The highest BCUT2D eigenvalue weighted by atomic mass is 32.2. The van der Waals surface area contributed by atoms with Crippen molar-refractivity contribution in [2.24, 2.45) is 10.2 Å². The number of methoxy groups -OCH3 is 1. The fourth-order valence-corrected chi connectivity index (χ4v) is 3.68. The van der Waals surface area contributed by atoms with Crippen LogP contribution < -0.4 is 14.8 Å². The quantitative estimate of drug-likeness (QED) is 0.317. The fourth-order valence-electron chi connectivity index (χ4n) is 2.95. The molecule has 1 saturated carbocycles. The predicted molar refractivity (Wildman–Crippen MR) is 111 cm³/mol. The monoisotopic (exact) mass is 417 g/mol. The van der Waals surface area contributed by atoms with Gasteiger partial charge in [0.2, 0.25) is 0 Å². The molecule has 1 aliphatic carbocycles. The van der Waals surface area contributed by atoms with Crippen molar-refractivity contribution in [1.29, 1.82) is 0 Å². The number of rotatable bonds is 7. The zero-order valence-electron chi connectivity index (χ0n) is 16.3. The smallest absolute Gasteiger partial charge is 0.331 e. The molecule has 2 fully saturated rings. The molecule has 0 unspecified atom stereocenters. The van der Waals surface area contributed by atoms with E-state index in [-0.39, 0.29) is 16.2 Å². The summed E-state index contributed by atoms with van der Waals surface area (Å²) < 4.78 is 16.3. The van der Waals surface area contributed by atoms with E-state index in [9.17, 15) is 9.59 Å². The number of amidine groups is 1. The molecule has 0 radical (unpaired) electrons. The van der Waals surface area contributed by atoms with Gasteiger partial charge in [0, 0.05) is 6.08 Å². The van der Waals surface area contributed by atoms with Crippen LogP contribution in [0.15, 0.2) is 39.4 Å². The van der Waals surface area contributed by atoms with Crippen LogP contribution in [0, 0.1) is 0 Å². The molecule has 0 aromatic heterocycles. The molecule has 0 bridgehead atoms. The first kappa shape index (κ1) is 20.9. The van der Waals surface area contributed by atoms with Crippen molar-refractivity contribution in [3.05, 3.63) is 34.7 Å². The lowest BCUT2D eigenvalue weighted by Crippen LogP contribution is -2.19. The van der Waals surface area contributed by atoms with Gasteiger partial charge < -0.3 is 14.2 Å². The molecule has 154 valence electrons. The van der Waals surface area contributed by atoms with Crippen molar-refractivity contribution in [3.63, 3.8) is 0 Å². The van der Waals surface area contributed by atoms with Crippen LogP contribution in [0.5, 0.6) is 11.5 Å². The SMILES string of the molecule is CCOc1cc(C=N/N=C2/NC(=O)/C(=C\C(=O)OC)S2)ccc1OC1CCCC1. The molecular formula is C20H23N3O5S. The summed E-state index contributed by atoms with van der Waals surface area (Å²) >= 11 is 1.02. The van der Waals surface area contributed by atoms with Crippen LogP contribution in [0.25, 0.3) is 0 Å². The summed E-state index contributed by atoms with van der Waals surface area (Å²) in [6, 6.07) is 5.60. The third kappa shape index (κ3) is 5.83. The number of carbonyl (C=O) groups is 2. The van der Waals surface area contributed by atoms with E-state index >= 15 is 0 Å². The lowest BCUT2D eigenvalue weighted by Gasteiger charge is -2.16. The van der Waals surface area contributed by atoms with E-state index < -0.39 is 11.9 Å². The van der Waals surface area contributed by atoms with Crippen molar-refractivity contribution in [2.75, 3.05) is 13.7 Å². The summed E-state index contributed by atoms with van der Waals surface area (Å²) in [5.41, 5.74) is 0.788. The summed E-state index contributed by atoms with van der Waals surface area (Å²) in [7, 11) is 1.25. The number of hydrogen-bond acceptors (Lipinski definition) is 8. The van der Waals surface area contributed by atoms with Gasteiger partial charge >= 0.3 is 5.97 Å². The standard InChI is InChI=1S/C20H23N3O5S/c1-3-27-16-10-13(8-9-15(16)28-14-6-4-5-7-14)12-21-23-20-22-19(25)17(29-20)11-18(24)26-2/h8-12,14H,3-7H2,1-2H3,(H,22,23,25)/b17-11+,21-12?. The molecule has 2 aliphatic rings. The minimum atomic E-state index is -0.601. The van der Waals surface area contributed by atoms with Crippen LogP contribution >= 0.6 is 11.8 Å². The zero-order valence-corrected chi connectivity index (χ0v) is 17.2. The minimum Gasteiger partial charge on any atom is -0.490 e. The molecule has 0 spiro atoms. The molecule has 9 heteroatoms. The summed E-state index contributed by atoms with van der Waals surface area (Å²) in [6.45, 7) is 2.45. The van der Waals surface area contributed by atoms with Gasteiger partial charge in [-0.25, -0.2) is 4.79 Å². The minimum absolute atomic E-state index is 0.206. The van der Waals surface area contributed by atoms with Gasteiger partial charge in [-0.15, -0.1) is 5.10 Å². The number of hydrogen-bond donors (Lipinski definition) is 1. The van der Waals surface area contributed by atoms with Crippen LogP contribution in [-0.2, 0) is 14.3 Å². The second-order valence-electron chi connectivity index (χ2n) is 6.40. The van der Waals surface area contributed by atoms with Gasteiger partial charge in [-0.05, 0) is 68.1 Å². The molecule has 3 rings (SSSR count). The Morgan fingerprint density at radius 3 is 2.83 bits per heavy atom. The molecular weight excluding hydrogens is 394 g/mol. The largest absolute Gasteiger partial charge is 0.490 e. The summed E-state index contributed by atoms with van der Waals surface area (Å²) in [5.74, 6) is 0.387. The number of benzene rings is 1. The van der Waals surface area contributed by atoms with Gasteiger partial charge in [0.1, 0.15) is 0 Å². The first-order valence-electron chi connectivity index (χ1n) is 9.42. The Labute approximate surface area is 173 Å². The lowest BCUT2D eigenvalue weighted by atomic mass is 10.2. The third-order valence-electron chi connectivity index (χ3n) is 4.32. The average molecular weight is 417 g/mol. The van der Waals surface area contributed by atoms with Crippen LogP contribution in [0.4, 0.5) is 0 Å². The van der Waals surface area contributed by atoms with Crippen LogP contribution in [-0.4, -0.2) is 43.1 Å². The van der Waals surface area contributed by atoms with Crippen LogP contribution in [0.3, 0.4) is 0 Å². The molecule has 1 amide bonds. The van der Waals surface area contributed by atoms with Crippen molar-refractivity contribution in [3.8, 4) is 11.5 Å². The van der Waals surface area contributed by atoms with E-state index in [1.54, 1.807) is 6.21 Å². The van der Waals surface area contributed by atoms with E-state index in [4.69, 9.17) is 9.47 Å². The molecule has 1 heterocycles. The second-order valence-corrected chi connectivity index (χ2v) is 7.43. The van der Waals surface area contributed by atoms with Crippen molar-refractivity contribution in [2.45, 2.75) is 38.7 Å². The predicted octanol–water partition coefficient (Wildman–Crippen LogP) is 3.02. The number of amides is 1. The highest BCUT2D eigenvalue weighted by Gasteiger charge is 2.25. The van der Waals surface area contributed by atoms with E-state index in [1.807, 2.05) is 25.1 Å². The van der Waals surface area contributed by atoms with E-state index in [2.05, 4.69) is 20.3 Å². The maximum atomic E-state index is 11.8. The normalized spacial score (nSPS) is 19.9. The Morgan fingerprint density at radius 2 is 2.10 bits per heavy atom. The number of ether oxygens (including phenoxy) is 3. The third-order valence-corrected chi connectivity index (χ3v) is 5.22. The molecule has 1 saturated heterocycles. The van der Waals surface area contributed by atoms with Crippen molar-refractivity contribution in [1.82, 2.24) is 5.32 Å². The molecule has 1 aromatic rings. The number of nitrogens with one attached hydrogen (secondary N) is 1. The Hall–Kier alpha value is -2.81. The van der Waals surface area contributed by atoms with Gasteiger partial charge in [0.25, 0.3) is 5.91 Å². The fraction of sp³-hybridized carbons (Fsp3) is 0.400. The molecule has 8 nitrogen and oxygen atoms in total. The van der Waals surface area contributed by atoms with Crippen LogP contribution in [0.1, 0.15) is 38.2 Å². The summed E-state index contributed by atoms with van der Waals surface area (Å²) in [6.07, 6.45) is 7.46. The van der Waals surface area contributed by atoms with Crippen molar-refractivity contribution < 1.29 is 23.8 Å². The van der Waals surface area contributed by atoms with Gasteiger partial charge in [0.05, 0.1) is 30.9 Å². The Kier molecular flexibility index (Phi) is 7.29. The highest BCUT2D eigenvalue weighted by molar-refractivity contribution is 8.18. The van der Waals surface area contributed by atoms with Gasteiger partial charge in [-0.1, -0.05) is 0 Å². The van der Waals surface area contributed by atoms with Gasteiger partial charge in [-0.2, -0.15) is 5.10 Å². The summed E-state index contributed by atoms with van der Waals surface area (Å²) in [4.78, 5) is 23.3. The topological polar surface area (TPSA) is 98.6 Å². The molecule has 1 aliphatic heterocycles. The molecule has 1 N–H and O–H groups in total. The number of esters is 1. The van der Waals surface area contributed by atoms with E-state index in [0.29, 0.717) is 12.4 Å². The Balaban J connectivity index is 1.67. The lowest BCUT2D eigenvalue weighted by molar-refractivity contribution is -0.135. The Bertz CT molecular complexity index is 860. The van der Waals surface area contributed by atoms with Crippen molar-refractivity contribution >= 4 is 35.0 Å². The van der Waals surface area contributed by atoms with Gasteiger partial charge in [0.15, 0.2) is 16.7 Å². The molecule has 0 atom stereocenters. The van der Waals surface area contributed by atoms with Crippen LogP contribution in [0.2, 0.25) is 0 Å². The second kappa shape index (κ2) is 10.1. The highest BCUT2D eigenvalue weighted by Crippen LogP contribution is 2.32. The zero-order chi connectivity index (χ0) is 20.6. The number of thioether (sulfide) groups is 1. The molecule has 29 heavy (non-hydrogen) atoms. The average Bonchev–Trinajstić information content (AvgIpc) is 3.34. The van der Waals surface area contributed by atoms with E-state index in [0.717, 1.165) is 42.0 Å². The maximum Gasteiger partial charge on any atom is 0.331 e. The van der Waals surface area contributed by atoms with Gasteiger partial charge in [-0.3, -0.25) is 10.1 Å². The first-order valence-corrected chi connectivity index (χ1v) is 10.2. The number of nitrogens with zero attached hydrogens (tertiary/aromatic N) is 2. The number of carbonyl (C=O) groups excluding carboxylic acids is 2. The van der Waals surface area contributed by atoms with E-state index in [1.165, 1.54) is 20.0 Å². The first-order chi connectivity index (χ1) is 14.1. The molecule has 1 aromatic carbocycles. The Morgan fingerprint density at radius 1 is 1.31 bits per heavy atom. The maximum absolute atomic E-state index is 11.8.